The number of hydrogen-bond donors (Lipinski definition) is 2. The maximum absolute atomic E-state index is 11.6. The van der Waals surface area contributed by atoms with Gasteiger partial charge >= 0.3 is 0 Å². The van der Waals surface area contributed by atoms with Gasteiger partial charge in [-0.3, -0.25) is 4.79 Å². The molecule has 0 aromatic heterocycles. The minimum atomic E-state index is -0.177. The lowest BCUT2D eigenvalue weighted by atomic mass is 10.2. The van der Waals surface area contributed by atoms with Gasteiger partial charge in [0.25, 0.3) is 5.91 Å². The number of carbonyl (C=O) groups excluding carboxylic acids is 1. The summed E-state index contributed by atoms with van der Waals surface area (Å²) in [7, 11) is 0. The lowest BCUT2D eigenvalue weighted by Crippen LogP contribution is -2.12. The van der Waals surface area contributed by atoms with Crippen LogP contribution in [-0.2, 0) is 4.79 Å². The smallest absolute Gasteiger partial charge is 0.250 e. The Labute approximate surface area is 99.7 Å². The van der Waals surface area contributed by atoms with Gasteiger partial charge in [-0.25, -0.2) is 0 Å². The molecule has 1 amide bonds. The molecule has 1 aromatic rings. The molecule has 0 radical (unpaired) electrons. The highest BCUT2D eigenvalue weighted by atomic mass is 35.5. The average Bonchev–Trinajstić information content (AvgIpc) is 2.24. The molecule has 0 fully saturated rings. The van der Waals surface area contributed by atoms with Crippen molar-refractivity contribution in [3.8, 4) is 5.75 Å². The number of hydrogen-bond acceptors (Lipinski definition) is 2. The molecule has 0 saturated carbocycles. The van der Waals surface area contributed by atoms with Crippen LogP contribution in [0.25, 0.3) is 0 Å². The molecule has 0 heterocycles. The second kappa shape index (κ2) is 5.56. The summed E-state index contributed by atoms with van der Waals surface area (Å²) in [6.45, 7) is 3.71. The maximum Gasteiger partial charge on any atom is 0.250 e. The fourth-order valence-electron chi connectivity index (χ4n) is 1.22. The number of halogens is 1. The topological polar surface area (TPSA) is 49.3 Å². The third-order valence-corrected chi connectivity index (χ3v) is 2.39. The van der Waals surface area contributed by atoms with Gasteiger partial charge in [-0.15, -0.1) is 0 Å². The Balaban J connectivity index is 2.77. The van der Waals surface area contributed by atoms with E-state index in [4.69, 9.17) is 11.6 Å². The van der Waals surface area contributed by atoms with E-state index in [9.17, 15) is 9.90 Å². The molecule has 16 heavy (non-hydrogen) atoms. The molecule has 0 aliphatic carbocycles. The number of rotatable bonds is 3. The van der Waals surface area contributed by atoms with Crippen molar-refractivity contribution < 1.29 is 9.90 Å². The van der Waals surface area contributed by atoms with E-state index in [1.54, 1.807) is 13.0 Å². The van der Waals surface area contributed by atoms with Gasteiger partial charge in [0.05, 0.1) is 5.02 Å². The zero-order valence-corrected chi connectivity index (χ0v) is 10.0. The van der Waals surface area contributed by atoms with Gasteiger partial charge in [0.2, 0.25) is 0 Å². The van der Waals surface area contributed by atoms with E-state index >= 15 is 0 Å². The lowest BCUT2D eigenvalue weighted by molar-refractivity contribution is -0.112. The molecule has 0 aliphatic rings. The Morgan fingerprint density at radius 1 is 1.56 bits per heavy atom. The number of anilines is 1. The number of allylic oxidation sites excluding steroid dienone is 1. The first kappa shape index (κ1) is 12.6. The van der Waals surface area contributed by atoms with Crippen molar-refractivity contribution in [3.63, 3.8) is 0 Å². The Kier molecular flexibility index (Phi) is 4.38. The predicted molar refractivity (Wildman–Crippen MR) is 65.8 cm³/mol. The molecule has 1 aromatic carbocycles. The van der Waals surface area contributed by atoms with E-state index < -0.39 is 0 Å². The number of carbonyl (C=O) groups is 1. The number of amides is 1. The Bertz CT molecular complexity index is 427. The van der Waals surface area contributed by atoms with Crippen LogP contribution in [0.3, 0.4) is 0 Å². The molecule has 0 spiro atoms. The highest BCUT2D eigenvalue weighted by Gasteiger charge is 2.05. The number of phenolic OH excluding ortho intramolecular Hbond substituents is 1. The second-order valence-electron chi connectivity index (χ2n) is 3.42. The van der Waals surface area contributed by atoms with Crippen molar-refractivity contribution in [3.05, 3.63) is 34.9 Å². The summed E-state index contributed by atoms with van der Waals surface area (Å²) in [6, 6.07) is 4.59. The van der Waals surface area contributed by atoms with Crippen molar-refractivity contribution in [2.75, 3.05) is 5.32 Å². The summed E-state index contributed by atoms with van der Waals surface area (Å²) in [5.41, 5.74) is 1.17. The fourth-order valence-corrected chi connectivity index (χ4v) is 1.34. The molecule has 2 N–H and O–H groups in total. The average molecular weight is 240 g/mol. The molecule has 3 nitrogen and oxygen atoms in total. The minimum absolute atomic E-state index is 0.0448. The van der Waals surface area contributed by atoms with Crippen molar-refractivity contribution >= 4 is 23.2 Å². The van der Waals surface area contributed by atoms with Crippen LogP contribution >= 0.6 is 11.6 Å². The molecule has 0 saturated heterocycles. The Hall–Kier alpha value is -1.48. The first-order chi connectivity index (χ1) is 7.54. The quantitative estimate of drug-likeness (QED) is 0.795. The predicted octanol–water partition coefficient (Wildman–Crippen LogP) is 3.34. The van der Waals surface area contributed by atoms with E-state index in [2.05, 4.69) is 5.32 Å². The van der Waals surface area contributed by atoms with Gasteiger partial charge in [0.15, 0.2) is 0 Å². The first-order valence-electron chi connectivity index (χ1n) is 5.01. The van der Waals surface area contributed by atoms with E-state index in [1.807, 2.05) is 13.0 Å². The van der Waals surface area contributed by atoms with E-state index in [1.165, 1.54) is 12.1 Å². The summed E-state index contributed by atoms with van der Waals surface area (Å²) in [6.07, 6.45) is 2.65. The summed E-state index contributed by atoms with van der Waals surface area (Å²) in [5, 5.41) is 12.3. The van der Waals surface area contributed by atoms with Crippen LogP contribution in [0.15, 0.2) is 29.8 Å². The fraction of sp³-hybridized carbons (Fsp3) is 0.250. The maximum atomic E-state index is 11.6. The Morgan fingerprint density at radius 2 is 2.25 bits per heavy atom. The van der Waals surface area contributed by atoms with Crippen molar-refractivity contribution in [1.29, 1.82) is 0 Å². The Morgan fingerprint density at radius 3 is 2.81 bits per heavy atom. The van der Waals surface area contributed by atoms with Crippen LogP contribution < -0.4 is 5.32 Å². The number of benzene rings is 1. The molecular weight excluding hydrogens is 226 g/mol. The summed E-state index contributed by atoms with van der Waals surface area (Å²) in [5.74, 6) is -0.222. The van der Waals surface area contributed by atoms with Gasteiger partial charge in [0.1, 0.15) is 5.75 Å². The molecule has 4 heteroatoms. The van der Waals surface area contributed by atoms with Crippen LogP contribution in [0.1, 0.15) is 20.3 Å². The third-order valence-electron chi connectivity index (χ3n) is 2.07. The van der Waals surface area contributed by atoms with E-state index in [-0.39, 0.29) is 16.7 Å². The van der Waals surface area contributed by atoms with Gasteiger partial charge in [-0.2, -0.15) is 0 Å². The van der Waals surface area contributed by atoms with E-state index in [0.29, 0.717) is 11.3 Å². The molecule has 86 valence electrons. The second-order valence-corrected chi connectivity index (χ2v) is 3.82. The SMILES string of the molecule is CCC=C(C)C(=O)Nc1ccc(Cl)c(O)c1. The highest BCUT2D eigenvalue weighted by Crippen LogP contribution is 2.26. The van der Waals surface area contributed by atoms with Crippen molar-refractivity contribution in [1.82, 2.24) is 0 Å². The van der Waals surface area contributed by atoms with Crippen molar-refractivity contribution in [2.24, 2.45) is 0 Å². The van der Waals surface area contributed by atoms with E-state index in [0.717, 1.165) is 6.42 Å². The number of phenols is 1. The zero-order chi connectivity index (χ0) is 12.1. The minimum Gasteiger partial charge on any atom is -0.506 e. The van der Waals surface area contributed by atoms with Crippen LogP contribution in [0.4, 0.5) is 5.69 Å². The number of nitrogens with one attached hydrogen (secondary N) is 1. The zero-order valence-electron chi connectivity index (χ0n) is 9.25. The number of aromatic hydroxyl groups is 1. The highest BCUT2D eigenvalue weighted by molar-refractivity contribution is 6.32. The summed E-state index contributed by atoms with van der Waals surface area (Å²) in [4.78, 5) is 11.6. The summed E-state index contributed by atoms with van der Waals surface area (Å²) < 4.78 is 0. The van der Waals surface area contributed by atoms with Gasteiger partial charge in [0, 0.05) is 17.3 Å². The largest absolute Gasteiger partial charge is 0.506 e. The standard InChI is InChI=1S/C12H14ClNO2/c1-3-4-8(2)12(16)14-9-5-6-10(13)11(15)7-9/h4-7,15H,3H2,1-2H3,(H,14,16). The van der Waals surface area contributed by atoms with Crippen LogP contribution in [-0.4, -0.2) is 11.0 Å². The molecule has 0 bridgehead atoms. The first-order valence-corrected chi connectivity index (χ1v) is 5.39. The molecule has 1 rings (SSSR count). The normalized spacial score (nSPS) is 11.3. The molecule has 0 atom stereocenters. The molecule has 0 aliphatic heterocycles. The third kappa shape index (κ3) is 3.28. The van der Waals surface area contributed by atoms with Crippen LogP contribution in [0, 0.1) is 0 Å². The lowest BCUT2D eigenvalue weighted by Gasteiger charge is -2.06. The van der Waals surface area contributed by atoms with Gasteiger partial charge < -0.3 is 10.4 Å². The summed E-state index contributed by atoms with van der Waals surface area (Å²) >= 11 is 5.66. The van der Waals surface area contributed by atoms with Gasteiger partial charge in [-0.05, 0) is 25.5 Å². The molecular formula is C12H14ClNO2. The van der Waals surface area contributed by atoms with Crippen molar-refractivity contribution in [2.45, 2.75) is 20.3 Å². The van der Waals surface area contributed by atoms with Gasteiger partial charge in [-0.1, -0.05) is 24.6 Å². The monoisotopic (exact) mass is 239 g/mol. The van der Waals surface area contributed by atoms with Crippen LogP contribution in [0.2, 0.25) is 5.02 Å². The molecule has 0 unspecified atom stereocenters. The van der Waals surface area contributed by atoms with Crippen LogP contribution in [0.5, 0.6) is 5.75 Å².